The Bertz CT molecular complexity index is 452. The predicted molar refractivity (Wildman–Crippen MR) is 75.4 cm³/mol. The Morgan fingerprint density at radius 1 is 1.30 bits per heavy atom. The second kappa shape index (κ2) is 6.91. The second-order valence-corrected chi connectivity index (χ2v) is 5.39. The Labute approximate surface area is 119 Å². The molecule has 6 heteroatoms. The molecule has 0 unspecified atom stereocenters. The van der Waals surface area contributed by atoms with Gasteiger partial charge in [-0.2, -0.15) is 0 Å². The molecule has 0 aliphatic rings. The first-order chi connectivity index (χ1) is 9.38. The van der Waals surface area contributed by atoms with Gasteiger partial charge in [-0.25, -0.2) is 9.80 Å². The van der Waals surface area contributed by atoms with E-state index in [2.05, 4.69) is 36.5 Å². The molecule has 0 bridgehead atoms. The smallest absolute Gasteiger partial charge is 0.334 e. The number of carbonyl (C=O) groups excluding carboxylic acids is 2. The van der Waals surface area contributed by atoms with Crippen LogP contribution in [0.25, 0.3) is 0 Å². The minimum Gasteiger partial charge on any atom is -0.354 e. The summed E-state index contributed by atoms with van der Waals surface area (Å²) in [5.74, 6) is 0. The highest BCUT2D eigenvalue weighted by Crippen LogP contribution is 2.22. The van der Waals surface area contributed by atoms with Crippen LogP contribution in [0.15, 0.2) is 24.3 Å². The Morgan fingerprint density at radius 3 is 2.35 bits per heavy atom. The summed E-state index contributed by atoms with van der Waals surface area (Å²) < 4.78 is 0. The van der Waals surface area contributed by atoms with Gasteiger partial charge in [0.1, 0.15) is 0 Å². The molecule has 0 atom stereocenters. The first-order valence-electron chi connectivity index (χ1n) is 6.32. The molecule has 2 amide bonds. The number of rotatable bonds is 5. The summed E-state index contributed by atoms with van der Waals surface area (Å²) in [7, 11) is 1.50. The molecule has 2 N–H and O–H groups in total. The quantitative estimate of drug-likeness (QED) is 0.636. The largest absolute Gasteiger partial charge is 0.354 e. The van der Waals surface area contributed by atoms with Crippen molar-refractivity contribution in [1.29, 1.82) is 0 Å². The van der Waals surface area contributed by atoms with Crippen molar-refractivity contribution in [3.05, 3.63) is 35.4 Å². The number of hydrogen-bond donors (Lipinski definition) is 2. The first-order valence-corrected chi connectivity index (χ1v) is 6.32. The van der Waals surface area contributed by atoms with Crippen LogP contribution in [0.2, 0.25) is 0 Å². The number of hydrazine groups is 1. The van der Waals surface area contributed by atoms with Gasteiger partial charge >= 0.3 is 12.5 Å². The molecule has 1 aromatic rings. The SMILES string of the molecule is CNC(=O)N(Cc1ccc(C(C)(C)C)cc1)NOC=O. The molecule has 0 saturated heterocycles. The number of amides is 2. The van der Waals surface area contributed by atoms with E-state index in [-0.39, 0.29) is 18.4 Å². The van der Waals surface area contributed by atoms with Crippen molar-refractivity contribution in [2.75, 3.05) is 7.05 Å². The van der Waals surface area contributed by atoms with Gasteiger partial charge in [0.25, 0.3) is 0 Å². The Balaban J connectivity index is 2.78. The zero-order chi connectivity index (χ0) is 15.2. The first kappa shape index (κ1) is 16.0. The monoisotopic (exact) mass is 279 g/mol. The van der Waals surface area contributed by atoms with Crippen molar-refractivity contribution in [2.24, 2.45) is 0 Å². The number of nitrogens with one attached hydrogen (secondary N) is 2. The molecule has 1 aromatic carbocycles. The van der Waals surface area contributed by atoms with Gasteiger partial charge in [0.15, 0.2) is 0 Å². The summed E-state index contributed by atoms with van der Waals surface area (Å²) in [6.45, 7) is 6.91. The summed E-state index contributed by atoms with van der Waals surface area (Å²) in [5.41, 5.74) is 4.48. The fraction of sp³-hybridized carbons (Fsp3) is 0.429. The molecular weight excluding hydrogens is 258 g/mol. The third-order valence-corrected chi connectivity index (χ3v) is 2.83. The second-order valence-electron chi connectivity index (χ2n) is 5.39. The molecule has 1 rings (SSSR count). The molecule has 0 heterocycles. The Kier molecular flexibility index (Phi) is 5.52. The lowest BCUT2D eigenvalue weighted by Crippen LogP contribution is -2.46. The van der Waals surface area contributed by atoms with Crippen LogP contribution >= 0.6 is 0 Å². The summed E-state index contributed by atoms with van der Waals surface area (Å²) in [4.78, 5) is 26.2. The molecule has 0 spiro atoms. The van der Waals surface area contributed by atoms with E-state index in [0.29, 0.717) is 0 Å². The predicted octanol–water partition coefficient (Wildman–Crippen LogP) is 1.72. The normalized spacial score (nSPS) is 10.8. The highest BCUT2D eigenvalue weighted by Gasteiger charge is 2.15. The average molecular weight is 279 g/mol. The highest BCUT2D eigenvalue weighted by atomic mass is 16.7. The number of nitrogens with zero attached hydrogens (tertiary/aromatic N) is 1. The number of urea groups is 1. The van der Waals surface area contributed by atoms with Crippen LogP contribution in [0.1, 0.15) is 31.9 Å². The third-order valence-electron chi connectivity index (χ3n) is 2.83. The summed E-state index contributed by atoms with van der Waals surface area (Å²) in [6.07, 6.45) is 0. The van der Waals surface area contributed by atoms with Crippen LogP contribution in [0.5, 0.6) is 0 Å². The summed E-state index contributed by atoms with van der Waals surface area (Å²) >= 11 is 0. The van der Waals surface area contributed by atoms with E-state index < -0.39 is 6.03 Å². The summed E-state index contributed by atoms with van der Waals surface area (Å²) in [5, 5.41) is 3.63. The van der Waals surface area contributed by atoms with E-state index in [1.54, 1.807) is 0 Å². The van der Waals surface area contributed by atoms with Gasteiger partial charge in [0, 0.05) is 7.05 Å². The van der Waals surface area contributed by atoms with E-state index >= 15 is 0 Å². The van der Waals surface area contributed by atoms with Gasteiger partial charge < -0.3 is 10.2 Å². The maximum Gasteiger partial charge on any atom is 0.334 e. The van der Waals surface area contributed by atoms with E-state index in [4.69, 9.17) is 0 Å². The Morgan fingerprint density at radius 2 is 1.90 bits per heavy atom. The highest BCUT2D eigenvalue weighted by molar-refractivity contribution is 5.73. The Hall–Kier alpha value is -2.08. The topological polar surface area (TPSA) is 70.7 Å². The van der Waals surface area contributed by atoms with Crippen molar-refractivity contribution in [1.82, 2.24) is 15.9 Å². The zero-order valence-corrected chi connectivity index (χ0v) is 12.3. The molecule has 0 radical (unpaired) electrons. The van der Waals surface area contributed by atoms with Crippen molar-refractivity contribution in [3.63, 3.8) is 0 Å². The zero-order valence-electron chi connectivity index (χ0n) is 12.3. The van der Waals surface area contributed by atoms with Crippen LogP contribution in [0.3, 0.4) is 0 Å². The lowest BCUT2D eigenvalue weighted by Gasteiger charge is -2.22. The van der Waals surface area contributed by atoms with Gasteiger partial charge in [-0.3, -0.25) is 4.79 Å². The molecule has 0 aromatic heterocycles. The van der Waals surface area contributed by atoms with Crippen LogP contribution in [0.4, 0.5) is 4.79 Å². The fourth-order valence-electron chi connectivity index (χ4n) is 1.66. The molecule has 0 aliphatic carbocycles. The molecule has 0 fully saturated rings. The van der Waals surface area contributed by atoms with Crippen LogP contribution < -0.4 is 10.9 Å². The van der Waals surface area contributed by atoms with Crippen LogP contribution in [0, 0.1) is 0 Å². The molecular formula is C14H21N3O3. The van der Waals surface area contributed by atoms with Gasteiger partial charge in [-0.15, -0.1) is 0 Å². The van der Waals surface area contributed by atoms with Crippen LogP contribution in [-0.4, -0.2) is 24.6 Å². The molecule has 6 nitrogen and oxygen atoms in total. The lowest BCUT2D eigenvalue weighted by molar-refractivity contribution is -0.145. The van der Waals surface area contributed by atoms with Crippen molar-refractivity contribution in [3.8, 4) is 0 Å². The minimum absolute atomic E-state index is 0.0812. The van der Waals surface area contributed by atoms with E-state index in [1.807, 2.05) is 24.3 Å². The summed E-state index contributed by atoms with van der Waals surface area (Å²) in [6, 6.07) is 7.54. The van der Waals surface area contributed by atoms with E-state index in [9.17, 15) is 9.59 Å². The molecule has 0 aliphatic heterocycles. The average Bonchev–Trinajstić information content (AvgIpc) is 2.42. The van der Waals surface area contributed by atoms with Gasteiger partial charge in [-0.05, 0) is 16.5 Å². The molecule has 0 saturated carbocycles. The van der Waals surface area contributed by atoms with Crippen molar-refractivity contribution < 1.29 is 14.4 Å². The lowest BCUT2D eigenvalue weighted by atomic mass is 9.87. The van der Waals surface area contributed by atoms with E-state index in [1.165, 1.54) is 17.6 Å². The van der Waals surface area contributed by atoms with Gasteiger partial charge in [0.2, 0.25) is 0 Å². The number of carbonyl (C=O) groups is 2. The fourth-order valence-corrected chi connectivity index (χ4v) is 1.66. The van der Waals surface area contributed by atoms with E-state index in [0.717, 1.165) is 5.56 Å². The van der Waals surface area contributed by atoms with Gasteiger partial charge in [-0.1, -0.05) is 50.6 Å². The minimum atomic E-state index is -0.397. The van der Waals surface area contributed by atoms with Crippen LogP contribution in [-0.2, 0) is 21.6 Å². The van der Waals surface area contributed by atoms with Crippen molar-refractivity contribution in [2.45, 2.75) is 32.7 Å². The number of benzene rings is 1. The molecule has 20 heavy (non-hydrogen) atoms. The maximum absolute atomic E-state index is 11.6. The standard InChI is InChI=1S/C14H21N3O3/c1-14(2,3)12-7-5-11(6-8-12)9-17(13(19)15-4)16-20-10-18/h5-8,10,16H,9H2,1-4H3,(H,15,19). The maximum atomic E-state index is 11.6. The third kappa shape index (κ3) is 4.55. The number of hydrogen-bond acceptors (Lipinski definition) is 4. The van der Waals surface area contributed by atoms with Gasteiger partial charge in [0.05, 0.1) is 6.54 Å². The van der Waals surface area contributed by atoms with Crippen molar-refractivity contribution >= 4 is 12.5 Å². The molecule has 110 valence electrons.